The number of halogens is 1. The van der Waals surface area contributed by atoms with Crippen molar-refractivity contribution >= 4 is 34.7 Å². The maximum atomic E-state index is 9.80. The molecule has 0 unspecified atom stereocenters. The Hall–Kier alpha value is -3.44. The van der Waals surface area contributed by atoms with Crippen LogP contribution in [0.3, 0.4) is 0 Å². The summed E-state index contributed by atoms with van der Waals surface area (Å²) < 4.78 is 7.03. The minimum atomic E-state index is 0.261. The van der Waals surface area contributed by atoms with Crippen molar-refractivity contribution in [1.29, 1.82) is 10.5 Å². The summed E-state index contributed by atoms with van der Waals surface area (Å²) >= 11 is 7.00. The summed E-state index contributed by atoms with van der Waals surface area (Å²) in [6.45, 7) is 3.50. The summed E-state index contributed by atoms with van der Waals surface area (Å²) in [5, 5.41) is 31.0. The van der Waals surface area contributed by atoms with E-state index in [4.69, 9.17) is 16.3 Å². The molecule has 1 saturated heterocycles. The molecule has 3 heterocycles. The normalized spacial score (nSPS) is 22.4. The molecule has 2 atom stereocenters. The van der Waals surface area contributed by atoms with Gasteiger partial charge in [-0.25, -0.2) is 4.98 Å². The number of aromatic nitrogens is 4. The van der Waals surface area contributed by atoms with Crippen LogP contribution in [0.1, 0.15) is 61.3 Å². The van der Waals surface area contributed by atoms with Gasteiger partial charge >= 0.3 is 0 Å². The van der Waals surface area contributed by atoms with Crippen molar-refractivity contribution in [3.8, 4) is 12.1 Å². The molecule has 11 heteroatoms. The Bertz CT molecular complexity index is 1400. The van der Waals surface area contributed by atoms with Crippen LogP contribution >= 0.6 is 11.6 Å². The van der Waals surface area contributed by atoms with Crippen LogP contribution in [0.15, 0.2) is 18.3 Å². The molecule has 2 aliphatic carbocycles. The Balaban J connectivity index is 1.32. The molecule has 0 spiro atoms. The summed E-state index contributed by atoms with van der Waals surface area (Å²) in [4.78, 5) is 11.5. The topological polar surface area (TPSA) is 127 Å². The molecule has 3 fully saturated rings. The van der Waals surface area contributed by atoms with Crippen molar-refractivity contribution in [3.63, 3.8) is 0 Å². The van der Waals surface area contributed by atoms with Crippen molar-refractivity contribution in [2.24, 2.45) is 0 Å². The van der Waals surface area contributed by atoms with Crippen LogP contribution < -0.4 is 10.6 Å². The Labute approximate surface area is 220 Å². The fourth-order valence-corrected chi connectivity index (χ4v) is 5.78. The molecule has 1 aliphatic heterocycles. The van der Waals surface area contributed by atoms with Gasteiger partial charge < -0.3 is 15.4 Å². The molecule has 2 saturated carbocycles. The number of morpholine rings is 1. The SMILES string of the molecule is N#Cc1cc(Nc2nc(NC3CC3)c3ncc(C#N)n3n2)c(Cl)c([C@H]2CCC[C@H](N3CCOCC3)C2)c1. The lowest BCUT2D eigenvalue weighted by Crippen LogP contribution is -2.45. The van der Waals surface area contributed by atoms with Crippen LogP contribution in [0, 0.1) is 22.7 Å². The first-order valence-corrected chi connectivity index (χ1v) is 13.3. The molecule has 10 nitrogen and oxygen atoms in total. The lowest BCUT2D eigenvalue weighted by Gasteiger charge is -2.39. The van der Waals surface area contributed by atoms with Gasteiger partial charge in [0.15, 0.2) is 17.2 Å². The number of hydrogen-bond donors (Lipinski definition) is 2. The highest BCUT2D eigenvalue weighted by atomic mass is 35.5. The maximum absolute atomic E-state index is 9.80. The highest BCUT2D eigenvalue weighted by molar-refractivity contribution is 6.34. The molecule has 37 heavy (non-hydrogen) atoms. The Morgan fingerprint density at radius 3 is 2.68 bits per heavy atom. The molecule has 2 aromatic heterocycles. The second-order valence-corrected chi connectivity index (χ2v) is 10.4. The van der Waals surface area contributed by atoms with Gasteiger partial charge in [0.2, 0.25) is 5.95 Å². The standard InChI is InChI=1S/C26H28ClN9O/c27-23-21(17-2-1-3-19(12-17)35-6-8-37-9-7-35)10-16(13-28)11-22(23)32-26-33-24(31-18-4-5-18)25-30-15-20(14-29)36(25)34-26/h10-11,15,17-19H,1-9,12H2,(H2,31,32,33,34)/t17-,19-/m0/s1. The Morgan fingerprint density at radius 1 is 1.08 bits per heavy atom. The predicted molar refractivity (Wildman–Crippen MR) is 139 cm³/mol. The third-order valence-electron chi connectivity index (χ3n) is 7.52. The third kappa shape index (κ3) is 4.93. The fraction of sp³-hybridized carbons (Fsp3) is 0.500. The average Bonchev–Trinajstić information content (AvgIpc) is 3.66. The van der Waals surface area contributed by atoms with E-state index in [1.807, 2.05) is 6.07 Å². The molecule has 190 valence electrons. The van der Waals surface area contributed by atoms with Gasteiger partial charge in [0, 0.05) is 25.2 Å². The minimum Gasteiger partial charge on any atom is -0.379 e. The van der Waals surface area contributed by atoms with Crippen LogP contribution in [0.4, 0.5) is 17.5 Å². The number of rotatable bonds is 6. The molecule has 0 radical (unpaired) electrons. The average molecular weight is 518 g/mol. The first-order valence-electron chi connectivity index (χ1n) is 12.9. The van der Waals surface area contributed by atoms with Gasteiger partial charge in [0.25, 0.3) is 0 Å². The lowest BCUT2D eigenvalue weighted by molar-refractivity contribution is 0.00658. The van der Waals surface area contributed by atoms with Gasteiger partial charge in [-0.3, -0.25) is 4.90 Å². The zero-order valence-electron chi connectivity index (χ0n) is 20.5. The number of nitrogens with zero attached hydrogens (tertiary/aromatic N) is 7. The number of imidazole rings is 1. The van der Waals surface area contributed by atoms with Crippen molar-refractivity contribution < 1.29 is 4.74 Å². The van der Waals surface area contributed by atoms with E-state index in [0.717, 1.165) is 64.0 Å². The number of nitrogens with one attached hydrogen (secondary N) is 2. The van der Waals surface area contributed by atoms with Crippen LogP contribution in [0.25, 0.3) is 5.65 Å². The molecule has 3 aliphatic rings. The van der Waals surface area contributed by atoms with Gasteiger partial charge in [-0.1, -0.05) is 18.0 Å². The zero-order valence-corrected chi connectivity index (χ0v) is 21.2. The van der Waals surface area contributed by atoms with E-state index < -0.39 is 0 Å². The van der Waals surface area contributed by atoms with E-state index in [1.54, 1.807) is 6.07 Å². The van der Waals surface area contributed by atoms with Crippen LogP contribution in [-0.4, -0.2) is 62.9 Å². The van der Waals surface area contributed by atoms with Crippen LogP contribution in [0.2, 0.25) is 5.02 Å². The summed E-state index contributed by atoms with van der Waals surface area (Å²) in [6, 6.07) is 8.90. The van der Waals surface area contributed by atoms with E-state index in [2.05, 4.69) is 42.7 Å². The second kappa shape index (κ2) is 10.1. The van der Waals surface area contributed by atoms with Crippen molar-refractivity contribution in [2.75, 3.05) is 36.9 Å². The molecule has 1 aromatic carbocycles. The molecule has 3 aromatic rings. The van der Waals surface area contributed by atoms with Gasteiger partial charge in [0.05, 0.1) is 41.8 Å². The molecular weight excluding hydrogens is 490 g/mol. The summed E-state index contributed by atoms with van der Waals surface area (Å²) in [5.41, 5.74) is 2.92. The molecule has 6 rings (SSSR count). The van der Waals surface area contributed by atoms with E-state index in [-0.39, 0.29) is 11.9 Å². The summed E-state index contributed by atoms with van der Waals surface area (Å²) in [5.74, 6) is 1.11. The highest BCUT2D eigenvalue weighted by Crippen LogP contribution is 2.42. The minimum absolute atomic E-state index is 0.261. The van der Waals surface area contributed by atoms with Crippen molar-refractivity contribution in [2.45, 2.75) is 56.5 Å². The quantitative estimate of drug-likeness (QED) is 0.494. The second-order valence-electron chi connectivity index (χ2n) is 10.0. The van der Waals surface area contributed by atoms with E-state index >= 15 is 0 Å². The fourth-order valence-electron chi connectivity index (χ4n) is 5.47. The number of benzene rings is 1. The predicted octanol–water partition coefficient (Wildman–Crippen LogP) is 4.20. The first kappa shape index (κ1) is 23.9. The van der Waals surface area contributed by atoms with Crippen LogP contribution in [0.5, 0.6) is 0 Å². The summed E-state index contributed by atoms with van der Waals surface area (Å²) in [6.07, 6.45) is 7.96. The smallest absolute Gasteiger partial charge is 0.247 e. The van der Waals surface area contributed by atoms with E-state index in [1.165, 1.54) is 17.1 Å². The van der Waals surface area contributed by atoms with Crippen LogP contribution in [-0.2, 0) is 4.74 Å². The van der Waals surface area contributed by atoms with Crippen molar-refractivity contribution in [1.82, 2.24) is 24.5 Å². The molecule has 0 bridgehead atoms. The number of fused-ring (bicyclic) bond motifs is 1. The highest BCUT2D eigenvalue weighted by Gasteiger charge is 2.30. The number of anilines is 3. The first-order chi connectivity index (χ1) is 18.1. The maximum Gasteiger partial charge on any atom is 0.247 e. The van der Waals surface area contributed by atoms with Gasteiger partial charge in [0.1, 0.15) is 6.07 Å². The molecule has 0 amide bonds. The largest absolute Gasteiger partial charge is 0.379 e. The van der Waals surface area contributed by atoms with Gasteiger partial charge in [-0.05, 0) is 55.7 Å². The molecular formula is C26H28ClN9O. The van der Waals surface area contributed by atoms with Gasteiger partial charge in [-0.15, -0.1) is 5.10 Å². The lowest BCUT2D eigenvalue weighted by atomic mass is 9.80. The third-order valence-corrected chi connectivity index (χ3v) is 7.94. The zero-order chi connectivity index (χ0) is 25.4. The number of nitriles is 2. The Morgan fingerprint density at radius 2 is 1.92 bits per heavy atom. The van der Waals surface area contributed by atoms with Crippen molar-refractivity contribution in [3.05, 3.63) is 40.2 Å². The van der Waals surface area contributed by atoms with E-state index in [9.17, 15) is 10.5 Å². The Kier molecular flexibility index (Phi) is 6.56. The number of ether oxygens (including phenoxy) is 1. The molecule has 2 N–H and O–H groups in total. The van der Waals surface area contributed by atoms with E-state index in [0.29, 0.717) is 45.5 Å². The monoisotopic (exact) mass is 517 g/mol. The number of hydrogen-bond acceptors (Lipinski definition) is 9. The summed E-state index contributed by atoms with van der Waals surface area (Å²) in [7, 11) is 0. The van der Waals surface area contributed by atoms with Gasteiger partial charge in [-0.2, -0.15) is 20.0 Å².